The second kappa shape index (κ2) is 2.83. The Morgan fingerprint density at radius 3 is 3.00 bits per heavy atom. The summed E-state index contributed by atoms with van der Waals surface area (Å²) in [7, 11) is 1.95. The van der Waals surface area contributed by atoms with E-state index in [2.05, 4.69) is 12.1 Å². The largest absolute Gasteiger partial charge is 0.332 e. The molecule has 0 amide bonds. The van der Waals surface area contributed by atoms with Crippen LogP contribution in [0.2, 0.25) is 0 Å². The van der Waals surface area contributed by atoms with Crippen molar-refractivity contribution in [3.05, 3.63) is 24.3 Å². The molecule has 0 saturated heterocycles. The third-order valence-corrected chi connectivity index (χ3v) is 3.07. The van der Waals surface area contributed by atoms with Gasteiger partial charge in [0.15, 0.2) is 0 Å². The molecule has 0 spiro atoms. The summed E-state index contributed by atoms with van der Waals surface area (Å²) < 4.78 is 0. The van der Waals surface area contributed by atoms with Crippen LogP contribution in [-0.4, -0.2) is 18.6 Å². The van der Waals surface area contributed by atoms with Crippen LogP contribution in [0.3, 0.4) is 0 Å². The van der Waals surface area contributed by atoms with Crippen LogP contribution in [0.25, 0.3) is 0 Å². The molecule has 0 radical (unpaired) electrons. The Hall–Kier alpha value is -0.960. The van der Waals surface area contributed by atoms with E-state index in [0.29, 0.717) is 5.84 Å². The molecule has 1 heterocycles. The van der Waals surface area contributed by atoms with E-state index >= 15 is 0 Å². The summed E-state index contributed by atoms with van der Waals surface area (Å²) in [5.74, 6) is 1.46. The van der Waals surface area contributed by atoms with Crippen molar-refractivity contribution < 1.29 is 0 Å². The van der Waals surface area contributed by atoms with Crippen LogP contribution in [0.4, 0.5) is 5.69 Å². The van der Waals surface area contributed by atoms with Crippen LogP contribution in [-0.2, 0) is 0 Å². The highest BCUT2D eigenvalue weighted by atomic mass is 32.2. The van der Waals surface area contributed by atoms with E-state index in [0.717, 1.165) is 11.4 Å². The zero-order chi connectivity index (χ0) is 8.55. The molecule has 1 aliphatic rings. The summed E-state index contributed by atoms with van der Waals surface area (Å²) in [5.41, 5.74) is 1.15. The molecule has 1 aliphatic heterocycles. The number of benzene rings is 1. The number of fused-ring (bicyclic) bond motifs is 1. The van der Waals surface area contributed by atoms with Crippen molar-refractivity contribution in [3.8, 4) is 0 Å². The maximum atomic E-state index is 7.63. The molecule has 0 bridgehead atoms. The lowest BCUT2D eigenvalue weighted by atomic mass is 10.3. The average Bonchev–Trinajstić information content (AvgIpc) is 2.12. The van der Waals surface area contributed by atoms with E-state index in [1.54, 1.807) is 11.8 Å². The molecule has 2 rings (SSSR count). The lowest BCUT2D eigenvalue weighted by Crippen LogP contribution is -2.30. The number of hydrogen-bond acceptors (Lipinski definition) is 2. The van der Waals surface area contributed by atoms with E-state index in [1.165, 1.54) is 4.90 Å². The van der Waals surface area contributed by atoms with Gasteiger partial charge in [0.25, 0.3) is 0 Å². The Labute approximate surface area is 76.1 Å². The number of hydrogen-bond donors (Lipinski definition) is 1. The summed E-state index contributed by atoms with van der Waals surface area (Å²) in [6.07, 6.45) is 0. The molecule has 62 valence electrons. The van der Waals surface area contributed by atoms with Crippen molar-refractivity contribution in [1.82, 2.24) is 0 Å². The Balaban J connectivity index is 2.48. The summed E-state index contributed by atoms with van der Waals surface area (Å²) in [5, 5.41) is 7.63. The number of amidine groups is 1. The fourth-order valence-electron chi connectivity index (χ4n) is 1.24. The van der Waals surface area contributed by atoms with Crippen LogP contribution in [0.15, 0.2) is 29.2 Å². The maximum Gasteiger partial charge on any atom is 0.111 e. The van der Waals surface area contributed by atoms with Crippen LogP contribution < -0.4 is 4.90 Å². The third-order valence-electron chi connectivity index (χ3n) is 2.00. The molecule has 1 aromatic rings. The lowest BCUT2D eigenvalue weighted by Gasteiger charge is -2.27. The van der Waals surface area contributed by atoms with Crippen LogP contribution in [0.5, 0.6) is 0 Å². The van der Waals surface area contributed by atoms with E-state index in [9.17, 15) is 0 Å². The maximum absolute atomic E-state index is 7.63. The molecule has 0 saturated carbocycles. The Morgan fingerprint density at radius 2 is 2.17 bits per heavy atom. The number of para-hydroxylation sites is 1. The van der Waals surface area contributed by atoms with Gasteiger partial charge in [-0.25, -0.2) is 0 Å². The Kier molecular flexibility index (Phi) is 1.81. The molecule has 0 fully saturated rings. The normalized spacial score (nSPS) is 16.1. The number of thioether (sulfide) groups is 1. The molecule has 3 heteroatoms. The van der Waals surface area contributed by atoms with Crippen LogP contribution in [0, 0.1) is 5.41 Å². The zero-order valence-electron chi connectivity index (χ0n) is 6.87. The molecule has 0 atom stereocenters. The first kappa shape index (κ1) is 7.68. The molecular formula is C9H10N2S. The number of nitrogens with zero attached hydrogens (tertiary/aromatic N) is 1. The van der Waals surface area contributed by atoms with Crippen molar-refractivity contribution in [2.45, 2.75) is 4.90 Å². The van der Waals surface area contributed by atoms with E-state index in [4.69, 9.17) is 5.41 Å². The standard InChI is InChI=1S/C9H10N2S/c1-11-7-4-2-3-5-8(7)12-6-9(11)10/h2-5,10H,6H2,1H3. The van der Waals surface area contributed by atoms with Crippen molar-refractivity contribution in [2.24, 2.45) is 0 Å². The van der Waals surface area contributed by atoms with Crippen molar-refractivity contribution in [3.63, 3.8) is 0 Å². The minimum atomic E-state index is 0.679. The second-order valence-electron chi connectivity index (χ2n) is 2.76. The molecule has 0 unspecified atom stereocenters. The van der Waals surface area contributed by atoms with E-state index in [1.807, 2.05) is 24.1 Å². The Bertz CT molecular complexity index is 322. The smallest absolute Gasteiger partial charge is 0.111 e. The third kappa shape index (κ3) is 1.10. The predicted molar refractivity (Wildman–Crippen MR) is 53.3 cm³/mol. The number of anilines is 1. The SMILES string of the molecule is CN1C(=N)CSc2ccccc21. The van der Waals surface area contributed by atoms with Gasteiger partial charge >= 0.3 is 0 Å². The predicted octanol–water partition coefficient (Wildman–Crippen LogP) is 2.21. The van der Waals surface area contributed by atoms with Gasteiger partial charge in [0.2, 0.25) is 0 Å². The van der Waals surface area contributed by atoms with E-state index in [-0.39, 0.29) is 0 Å². The topological polar surface area (TPSA) is 27.1 Å². The van der Waals surface area contributed by atoms with Crippen LogP contribution >= 0.6 is 11.8 Å². The molecule has 1 aromatic carbocycles. The molecular weight excluding hydrogens is 168 g/mol. The van der Waals surface area contributed by atoms with Crippen molar-refractivity contribution in [1.29, 1.82) is 5.41 Å². The summed E-state index contributed by atoms with van der Waals surface area (Å²) in [4.78, 5) is 3.21. The fourth-order valence-corrected chi connectivity index (χ4v) is 2.26. The van der Waals surface area contributed by atoms with Gasteiger partial charge in [-0.2, -0.15) is 0 Å². The van der Waals surface area contributed by atoms with Gasteiger partial charge in [-0.1, -0.05) is 12.1 Å². The summed E-state index contributed by atoms with van der Waals surface area (Å²) >= 11 is 1.73. The monoisotopic (exact) mass is 178 g/mol. The van der Waals surface area contributed by atoms with Gasteiger partial charge in [0, 0.05) is 11.9 Å². The van der Waals surface area contributed by atoms with Crippen molar-refractivity contribution in [2.75, 3.05) is 17.7 Å². The van der Waals surface area contributed by atoms with Gasteiger partial charge in [0.1, 0.15) is 5.84 Å². The minimum Gasteiger partial charge on any atom is -0.332 e. The van der Waals surface area contributed by atoms with Gasteiger partial charge < -0.3 is 4.90 Å². The van der Waals surface area contributed by atoms with Gasteiger partial charge in [-0.05, 0) is 12.1 Å². The van der Waals surface area contributed by atoms with Gasteiger partial charge in [-0.3, -0.25) is 5.41 Å². The Morgan fingerprint density at radius 1 is 1.42 bits per heavy atom. The van der Waals surface area contributed by atoms with Gasteiger partial charge in [0.05, 0.1) is 11.4 Å². The lowest BCUT2D eigenvalue weighted by molar-refractivity contribution is 1.16. The van der Waals surface area contributed by atoms with E-state index < -0.39 is 0 Å². The molecule has 1 N–H and O–H groups in total. The molecule has 0 aromatic heterocycles. The average molecular weight is 178 g/mol. The van der Waals surface area contributed by atoms with Gasteiger partial charge in [-0.15, -0.1) is 11.8 Å². The minimum absolute atomic E-state index is 0.679. The fraction of sp³-hybridized carbons (Fsp3) is 0.222. The molecule has 0 aliphatic carbocycles. The highest BCUT2D eigenvalue weighted by molar-refractivity contribution is 8.00. The first-order valence-corrected chi connectivity index (χ1v) is 4.80. The zero-order valence-corrected chi connectivity index (χ0v) is 7.69. The molecule has 2 nitrogen and oxygen atoms in total. The highest BCUT2D eigenvalue weighted by Gasteiger charge is 2.17. The number of nitrogens with one attached hydrogen (secondary N) is 1. The quantitative estimate of drug-likeness (QED) is 0.659. The van der Waals surface area contributed by atoms with Crippen molar-refractivity contribution >= 4 is 23.3 Å². The summed E-state index contributed by atoms with van der Waals surface area (Å²) in [6.45, 7) is 0. The van der Waals surface area contributed by atoms with Crippen LogP contribution in [0.1, 0.15) is 0 Å². The summed E-state index contributed by atoms with van der Waals surface area (Å²) in [6, 6.07) is 8.20. The first-order chi connectivity index (χ1) is 5.79. The number of rotatable bonds is 0. The second-order valence-corrected chi connectivity index (χ2v) is 3.78. The molecule has 12 heavy (non-hydrogen) atoms. The first-order valence-electron chi connectivity index (χ1n) is 3.82. The highest BCUT2D eigenvalue weighted by Crippen LogP contribution is 2.33.